The van der Waals surface area contributed by atoms with Gasteiger partial charge in [-0.25, -0.2) is 0 Å². The molecule has 0 heterocycles. The highest BCUT2D eigenvalue weighted by Gasteiger charge is 2.09. The summed E-state index contributed by atoms with van der Waals surface area (Å²) in [6.07, 6.45) is 0. The Labute approximate surface area is 262 Å². The van der Waals surface area contributed by atoms with Crippen LogP contribution < -0.4 is 20.5 Å². The van der Waals surface area contributed by atoms with Crippen molar-refractivity contribution in [1.29, 1.82) is 0 Å². The lowest BCUT2D eigenvalue weighted by molar-refractivity contribution is -0.255. The minimum atomic E-state index is -1.18. The van der Waals surface area contributed by atoms with Crippen LogP contribution >= 0.6 is 0 Å². The molecule has 0 amide bonds. The number of carbonyl (C=O) groups is 2. The lowest BCUT2D eigenvalue weighted by atomic mass is 10.0. The van der Waals surface area contributed by atoms with Gasteiger partial charge < -0.3 is 34.7 Å². The Bertz CT molecular complexity index is 1750. The molecule has 0 atom stereocenters. The molecule has 45 heavy (non-hydrogen) atoms. The maximum absolute atomic E-state index is 12.9. The topological polar surface area (TPSA) is 109 Å². The molecule has 0 aromatic heterocycles. The summed E-state index contributed by atoms with van der Waals surface area (Å²) in [5.74, 6) is -0.463. The number of nitrogens with one attached hydrogen (secondary N) is 2. The molecule has 0 aliphatic rings. The predicted octanol–water partition coefficient (Wildman–Crippen LogP) is 5.45. The van der Waals surface area contributed by atoms with E-state index < -0.39 is 5.97 Å². The molecule has 5 aromatic carbocycles. The van der Waals surface area contributed by atoms with Gasteiger partial charge in [-0.15, -0.1) is 0 Å². The van der Waals surface area contributed by atoms with Crippen LogP contribution in [-0.2, 0) is 22.6 Å². The van der Waals surface area contributed by atoms with Gasteiger partial charge in [0.25, 0.3) is 0 Å². The summed E-state index contributed by atoms with van der Waals surface area (Å²) in [6, 6.07) is 34.4. The van der Waals surface area contributed by atoms with Crippen LogP contribution in [0.25, 0.3) is 21.9 Å². The van der Waals surface area contributed by atoms with E-state index in [1.807, 2.05) is 84.9 Å². The van der Waals surface area contributed by atoms with Gasteiger partial charge in [0.1, 0.15) is 5.75 Å². The normalized spacial score (nSPS) is 11.0. The van der Waals surface area contributed by atoms with Gasteiger partial charge in [0.05, 0.1) is 25.7 Å². The first-order valence-electron chi connectivity index (χ1n) is 14.7. The largest absolute Gasteiger partial charge is 0.545 e. The highest BCUT2D eigenvalue weighted by Crippen LogP contribution is 2.24. The zero-order chi connectivity index (χ0) is 31.4. The summed E-state index contributed by atoms with van der Waals surface area (Å²) in [4.78, 5) is 24.3. The number of methoxy groups -OCH3 is 1. The number of ether oxygens (including phenoxy) is 3. The second-order valence-corrected chi connectivity index (χ2v) is 10.5. The quantitative estimate of drug-likeness (QED) is 0.0871. The van der Waals surface area contributed by atoms with E-state index in [2.05, 4.69) is 16.7 Å². The zero-order valence-electron chi connectivity index (χ0n) is 25.1. The maximum atomic E-state index is 12.9. The second kappa shape index (κ2) is 15.6. The van der Waals surface area contributed by atoms with Crippen molar-refractivity contribution in [2.75, 3.05) is 39.0 Å². The van der Waals surface area contributed by atoms with Crippen molar-refractivity contribution in [2.45, 2.75) is 13.1 Å². The summed E-state index contributed by atoms with van der Waals surface area (Å²) < 4.78 is 15.9. The molecular formula is C37H35N2O6-. The van der Waals surface area contributed by atoms with Gasteiger partial charge in [0.2, 0.25) is 0 Å². The van der Waals surface area contributed by atoms with Crippen LogP contribution in [0.4, 0.5) is 5.69 Å². The number of anilines is 1. The summed E-state index contributed by atoms with van der Waals surface area (Å²) in [5.41, 5.74) is 5.57. The van der Waals surface area contributed by atoms with E-state index in [-0.39, 0.29) is 24.7 Å². The van der Waals surface area contributed by atoms with Crippen LogP contribution in [0.15, 0.2) is 109 Å². The SMILES string of the molecule is COCCOCOc1ccc2cc(C(=O)CNCc3cccc(-c4ccc(NCc5ccccc5C(=O)[O-])cc4)c3)ccc2c1. The number of hydrogen-bond donors (Lipinski definition) is 2. The molecule has 2 N–H and O–H groups in total. The highest BCUT2D eigenvalue weighted by atomic mass is 16.7. The monoisotopic (exact) mass is 603 g/mol. The van der Waals surface area contributed by atoms with Crippen LogP contribution in [0.5, 0.6) is 5.75 Å². The first kappa shape index (κ1) is 31.4. The number of ketones is 1. The number of carbonyl (C=O) groups excluding carboxylic acids is 2. The van der Waals surface area contributed by atoms with Gasteiger partial charge in [-0.05, 0) is 69.4 Å². The summed E-state index contributed by atoms with van der Waals surface area (Å²) in [7, 11) is 1.62. The molecule has 0 aliphatic heterocycles. The maximum Gasteiger partial charge on any atom is 0.189 e. The summed E-state index contributed by atoms with van der Waals surface area (Å²) in [6.45, 7) is 2.28. The minimum Gasteiger partial charge on any atom is -0.545 e. The Morgan fingerprint density at radius 2 is 1.56 bits per heavy atom. The summed E-state index contributed by atoms with van der Waals surface area (Å²) >= 11 is 0. The minimum absolute atomic E-state index is 0.0188. The number of rotatable bonds is 16. The average Bonchev–Trinajstić information content (AvgIpc) is 3.07. The van der Waals surface area contributed by atoms with Gasteiger partial charge in [0, 0.05) is 37.0 Å². The molecule has 0 spiro atoms. The molecule has 230 valence electrons. The van der Waals surface area contributed by atoms with E-state index in [9.17, 15) is 14.7 Å². The Morgan fingerprint density at radius 1 is 0.756 bits per heavy atom. The highest BCUT2D eigenvalue weighted by molar-refractivity contribution is 6.01. The first-order valence-corrected chi connectivity index (χ1v) is 14.7. The van der Waals surface area contributed by atoms with Gasteiger partial charge in [0.15, 0.2) is 12.6 Å². The number of fused-ring (bicyclic) bond motifs is 1. The van der Waals surface area contributed by atoms with E-state index in [0.29, 0.717) is 43.2 Å². The molecule has 0 radical (unpaired) electrons. The average molecular weight is 604 g/mol. The molecule has 0 bridgehead atoms. The molecule has 5 aromatic rings. The predicted molar refractivity (Wildman–Crippen MR) is 173 cm³/mol. The van der Waals surface area contributed by atoms with Gasteiger partial charge in [-0.2, -0.15) is 0 Å². The molecule has 5 rings (SSSR count). The molecule has 0 aliphatic carbocycles. The van der Waals surface area contributed by atoms with E-state index in [4.69, 9.17) is 14.2 Å². The van der Waals surface area contributed by atoms with E-state index in [0.717, 1.165) is 33.2 Å². The van der Waals surface area contributed by atoms with Crippen molar-refractivity contribution < 1.29 is 28.9 Å². The smallest absolute Gasteiger partial charge is 0.189 e. The molecule has 0 fully saturated rings. The van der Waals surface area contributed by atoms with Crippen molar-refractivity contribution in [1.82, 2.24) is 5.32 Å². The Morgan fingerprint density at radius 3 is 2.38 bits per heavy atom. The lowest BCUT2D eigenvalue weighted by Crippen LogP contribution is -2.24. The van der Waals surface area contributed by atoms with E-state index in [1.54, 1.807) is 25.3 Å². The van der Waals surface area contributed by atoms with Gasteiger partial charge in [-0.3, -0.25) is 4.79 Å². The molecule has 0 unspecified atom stereocenters. The number of Topliss-reactive ketones (excluding diaryl/α,β-unsaturated/α-hetero) is 1. The van der Waals surface area contributed by atoms with Gasteiger partial charge in [-0.1, -0.05) is 72.8 Å². The second-order valence-electron chi connectivity index (χ2n) is 10.5. The van der Waals surface area contributed by atoms with Crippen molar-refractivity contribution in [3.05, 3.63) is 131 Å². The molecular weight excluding hydrogens is 568 g/mol. The van der Waals surface area contributed by atoms with Gasteiger partial charge >= 0.3 is 0 Å². The van der Waals surface area contributed by atoms with Crippen LogP contribution in [0.1, 0.15) is 31.8 Å². The zero-order valence-corrected chi connectivity index (χ0v) is 25.1. The number of carboxylic acids is 1. The number of benzene rings is 5. The van der Waals surface area contributed by atoms with Crippen molar-refractivity contribution in [3.8, 4) is 16.9 Å². The molecule has 0 saturated heterocycles. The Hall–Kier alpha value is -5.02. The standard InChI is InChI=1S/C37H36N2O6/c1-43-17-18-44-25-45-34-16-13-29-20-31(10-9-30(29)21-34)36(40)24-38-22-26-5-4-7-28(19-26)27-11-14-33(15-12-27)39-23-32-6-2-3-8-35(32)37(41)42/h2-16,19-21,38-39H,17-18,22-25H2,1H3,(H,41,42)/p-1. The molecule has 0 saturated carbocycles. The van der Waals surface area contributed by atoms with E-state index >= 15 is 0 Å². The lowest BCUT2D eigenvalue weighted by Gasteiger charge is -2.13. The fourth-order valence-electron chi connectivity index (χ4n) is 4.93. The summed E-state index contributed by atoms with van der Waals surface area (Å²) in [5, 5.41) is 19.9. The molecule has 8 nitrogen and oxygen atoms in total. The number of aromatic carboxylic acids is 1. The molecule has 8 heteroatoms. The van der Waals surface area contributed by atoms with Crippen LogP contribution in [0.2, 0.25) is 0 Å². The third-order valence-electron chi connectivity index (χ3n) is 7.35. The Balaban J connectivity index is 1.12. The third-order valence-corrected chi connectivity index (χ3v) is 7.35. The third kappa shape index (κ3) is 8.77. The van der Waals surface area contributed by atoms with E-state index in [1.165, 1.54) is 0 Å². The fraction of sp³-hybridized carbons (Fsp3) is 0.189. The fourth-order valence-corrected chi connectivity index (χ4v) is 4.93. The Kier molecular flexibility index (Phi) is 10.9. The van der Waals surface area contributed by atoms with Crippen LogP contribution in [0.3, 0.4) is 0 Å². The first-order chi connectivity index (χ1) is 22.0. The van der Waals surface area contributed by atoms with Crippen LogP contribution in [0, 0.1) is 0 Å². The van der Waals surface area contributed by atoms with Crippen LogP contribution in [-0.4, -0.2) is 45.4 Å². The van der Waals surface area contributed by atoms with Crippen molar-refractivity contribution >= 4 is 28.2 Å². The number of carboxylic acid groups (broad SMARTS) is 1. The van der Waals surface area contributed by atoms with Crippen molar-refractivity contribution in [3.63, 3.8) is 0 Å². The number of hydrogen-bond acceptors (Lipinski definition) is 8. The van der Waals surface area contributed by atoms with Crippen molar-refractivity contribution in [2.24, 2.45) is 0 Å².